The Labute approximate surface area is 98.7 Å². The van der Waals surface area contributed by atoms with Gasteiger partial charge >= 0.3 is 0 Å². The Balaban J connectivity index is 2.02. The van der Waals surface area contributed by atoms with E-state index in [2.05, 4.69) is 12.2 Å². The summed E-state index contributed by atoms with van der Waals surface area (Å²) in [6, 6.07) is 5.43. The summed E-state index contributed by atoms with van der Waals surface area (Å²) in [6.45, 7) is 2.49. The Hall–Kier alpha value is -1.06. The van der Waals surface area contributed by atoms with E-state index in [1.807, 2.05) is 0 Å². The zero-order valence-corrected chi connectivity index (χ0v) is 9.67. The van der Waals surface area contributed by atoms with Gasteiger partial charge in [-0.1, -0.05) is 18.5 Å². The number of fused-ring (bicyclic) bond motifs is 1. The van der Waals surface area contributed by atoms with Gasteiger partial charge < -0.3 is 4.74 Å². The summed E-state index contributed by atoms with van der Waals surface area (Å²) >= 11 is 5.90. The number of carbonyl (C=O) groups is 1. The summed E-state index contributed by atoms with van der Waals surface area (Å²) in [7, 11) is 0. The highest BCUT2D eigenvalue weighted by molar-refractivity contribution is 6.31. The molecular weight excluding hydrogens is 226 g/mol. The average Bonchev–Trinajstić information content (AvgIpc) is 3.00. The van der Waals surface area contributed by atoms with Crippen molar-refractivity contribution in [2.24, 2.45) is 0 Å². The van der Waals surface area contributed by atoms with Crippen molar-refractivity contribution in [2.75, 3.05) is 6.61 Å². The van der Waals surface area contributed by atoms with Gasteiger partial charge in [0, 0.05) is 11.1 Å². The molecule has 3 rings (SSSR count). The summed E-state index contributed by atoms with van der Waals surface area (Å²) in [5.74, 6) is 0.756. The maximum Gasteiger partial charge on any atom is 0.191 e. The largest absolute Gasteiger partial charge is 0.490 e. The van der Waals surface area contributed by atoms with Crippen molar-refractivity contribution < 1.29 is 9.53 Å². The second-order valence-corrected chi connectivity index (χ2v) is 4.77. The second kappa shape index (κ2) is 3.22. The lowest BCUT2D eigenvalue weighted by atomic mass is 9.91. The fourth-order valence-electron chi connectivity index (χ4n) is 2.39. The van der Waals surface area contributed by atoms with E-state index in [9.17, 15) is 4.79 Å². The van der Waals surface area contributed by atoms with Crippen LogP contribution in [-0.4, -0.2) is 24.0 Å². The normalized spacial score (nSPS) is 31.1. The molecule has 0 aliphatic carbocycles. The number of ether oxygens (including phenoxy) is 1. The van der Waals surface area contributed by atoms with Gasteiger partial charge in [0.1, 0.15) is 17.9 Å². The summed E-state index contributed by atoms with van der Waals surface area (Å²) in [5.41, 5.74) is 0.120. The van der Waals surface area contributed by atoms with Crippen molar-refractivity contribution in [3.63, 3.8) is 0 Å². The number of carbonyl (C=O) groups excluding carboxylic acids is 1. The number of hydrogen-bond acceptors (Lipinski definition) is 3. The third-order valence-corrected chi connectivity index (χ3v) is 3.63. The molecule has 0 saturated carbocycles. The van der Waals surface area contributed by atoms with Crippen molar-refractivity contribution in [3.05, 3.63) is 28.8 Å². The third-order valence-electron chi connectivity index (χ3n) is 3.40. The average molecular weight is 238 g/mol. The lowest BCUT2D eigenvalue weighted by Crippen LogP contribution is -2.40. The third kappa shape index (κ3) is 1.22. The fraction of sp³-hybridized carbons (Fsp3) is 0.417. The summed E-state index contributed by atoms with van der Waals surface area (Å²) in [6.07, 6.45) is 0.936. The van der Waals surface area contributed by atoms with Crippen molar-refractivity contribution >= 4 is 17.4 Å². The maximum absolute atomic E-state index is 12.3. The number of ketones is 1. The van der Waals surface area contributed by atoms with Crippen LogP contribution in [0.25, 0.3) is 0 Å². The van der Waals surface area contributed by atoms with Crippen molar-refractivity contribution in [2.45, 2.75) is 24.9 Å². The van der Waals surface area contributed by atoms with Crippen LogP contribution in [0.4, 0.5) is 0 Å². The van der Waals surface area contributed by atoms with Crippen LogP contribution in [0, 0.1) is 0 Å². The first kappa shape index (κ1) is 10.1. The topological polar surface area (TPSA) is 48.2 Å². The van der Waals surface area contributed by atoms with E-state index in [1.54, 1.807) is 18.2 Å². The van der Waals surface area contributed by atoms with Crippen LogP contribution >= 0.6 is 11.6 Å². The minimum Gasteiger partial charge on any atom is -0.490 e. The molecule has 0 radical (unpaired) electrons. The van der Waals surface area contributed by atoms with Gasteiger partial charge in [-0.3, -0.25) is 10.1 Å². The number of nitrogens with one attached hydrogen (secondary N) is 1. The summed E-state index contributed by atoms with van der Waals surface area (Å²) in [5, 5.41) is 3.80. The van der Waals surface area contributed by atoms with Crippen LogP contribution < -0.4 is 10.1 Å². The molecule has 1 N–H and O–H groups in total. The van der Waals surface area contributed by atoms with E-state index in [-0.39, 0.29) is 11.8 Å². The van der Waals surface area contributed by atoms with Crippen LogP contribution in [0.3, 0.4) is 0 Å². The van der Waals surface area contributed by atoms with Gasteiger partial charge in [-0.2, -0.15) is 0 Å². The molecule has 16 heavy (non-hydrogen) atoms. The highest BCUT2D eigenvalue weighted by Crippen LogP contribution is 2.40. The Bertz CT molecular complexity index is 474. The van der Waals surface area contributed by atoms with Gasteiger partial charge in [0.05, 0.1) is 5.56 Å². The number of Topliss-reactive ketones (excluding diaryl/α,β-unsaturated/α-hetero) is 1. The first-order valence-corrected chi connectivity index (χ1v) is 5.80. The number of halogens is 1. The van der Waals surface area contributed by atoms with E-state index < -0.39 is 5.54 Å². The van der Waals surface area contributed by atoms with Crippen LogP contribution in [0.5, 0.6) is 5.75 Å². The molecule has 2 aliphatic rings. The Morgan fingerprint density at radius 3 is 3.12 bits per heavy atom. The quantitative estimate of drug-likeness (QED) is 0.761. The maximum atomic E-state index is 12.3. The number of hydrogen-bond donors (Lipinski definition) is 1. The standard InChI is InChI=1S/C12H12ClNO2/c1-2-10-12(14-10)6-16-9-4-3-7(13)5-8(9)11(12)15/h3-5,10,14H,2,6H2,1H3/t10-,12-/m1/s1. The number of rotatable bonds is 1. The van der Waals surface area contributed by atoms with Gasteiger partial charge in [0.15, 0.2) is 5.78 Å². The molecule has 2 atom stereocenters. The molecule has 0 aromatic heterocycles. The Morgan fingerprint density at radius 2 is 2.44 bits per heavy atom. The van der Waals surface area contributed by atoms with Crippen LogP contribution in [0.15, 0.2) is 18.2 Å². The van der Waals surface area contributed by atoms with Gasteiger partial charge in [-0.25, -0.2) is 0 Å². The first-order valence-electron chi connectivity index (χ1n) is 5.42. The highest BCUT2D eigenvalue weighted by atomic mass is 35.5. The Kier molecular flexibility index (Phi) is 2.03. The van der Waals surface area contributed by atoms with Crippen LogP contribution in [0.1, 0.15) is 23.7 Å². The molecule has 1 spiro atoms. The van der Waals surface area contributed by atoms with Gasteiger partial charge in [-0.15, -0.1) is 0 Å². The molecule has 0 unspecified atom stereocenters. The molecule has 4 heteroatoms. The summed E-state index contributed by atoms with van der Waals surface area (Å²) < 4.78 is 5.62. The lowest BCUT2D eigenvalue weighted by molar-refractivity contribution is 0.0865. The molecule has 1 saturated heterocycles. The molecule has 1 fully saturated rings. The van der Waals surface area contributed by atoms with Gasteiger partial charge in [0.25, 0.3) is 0 Å². The minimum atomic E-state index is -0.480. The molecular formula is C12H12ClNO2. The summed E-state index contributed by atoms with van der Waals surface area (Å²) in [4.78, 5) is 12.3. The van der Waals surface area contributed by atoms with Crippen LogP contribution in [0.2, 0.25) is 5.02 Å². The van der Waals surface area contributed by atoms with E-state index in [0.29, 0.717) is 22.9 Å². The molecule has 3 nitrogen and oxygen atoms in total. The predicted molar refractivity (Wildman–Crippen MR) is 61.2 cm³/mol. The van der Waals surface area contributed by atoms with Gasteiger partial charge in [-0.05, 0) is 24.6 Å². The molecule has 0 amide bonds. The molecule has 1 aromatic rings. The predicted octanol–water partition coefficient (Wildman–Crippen LogP) is 2.04. The lowest BCUT2D eigenvalue weighted by Gasteiger charge is -2.23. The van der Waals surface area contributed by atoms with Crippen molar-refractivity contribution in [3.8, 4) is 5.75 Å². The number of benzene rings is 1. The van der Waals surface area contributed by atoms with E-state index >= 15 is 0 Å². The molecule has 84 valence electrons. The van der Waals surface area contributed by atoms with E-state index in [0.717, 1.165) is 6.42 Å². The van der Waals surface area contributed by atoms with Crippen molar-refractivity contribution in [1.29, 1.82) is 0 Å². The zero-order chi connectivity index (χ0) is 11.3. The highest BCUT2D eigenvalue weighted by Gasteiger charge is 2.61. The monoisotopic (exact) mass is 237 g/mol. The zero-order valence-electron chi connectivity index (χ0n) is 8.92. The molecule has 2 heterocycles. The molecule has 2 aliphatic heterocycles. The van der Waals surface area contributed by atoms with Crippen molar-refractivity contribution in [1.82, 2.24) is 5.32 Å². The Morgan fingerprint density at radius 1 is 1.62 bits per heavy atom. The van der Waals surface area contributed by atoms with E-state index in [4.69, 9.17) is 16.3 Å². The molecule has 0 bridgehead atoms. The van der Waals surface area contributed by atoms with Crippen LogP contribution in [-0.2, 0) is 0 Å². The molecule has 1 aromatic carbocycles. The first-order chi connectivity index (χ1) is 7.67. The smallest absolute Gasteiger partial charge is 0.191 e. The second-order valence-electron chi connectivity index (χ2n) is 4.33. The van der Waals surface area contributed by atoms with Gasteiger partial charge in [0.2, 0.25) is 0 Å². The minimum absolute atomic E-state index is 0.114. The van der Waals surface area contributed by atoms with E-state index in [1.165, 1.54) is 0 Å². The SMILES string of the molecule is CC[C@H]1N[C@]12COc1ccc(Cl)cc1C2=O. The fourth-order valence-corrected chi connectivity index (χ4v) is 2.56.